The molecule has 0 bridgehead atoms. The molecule has 8 aromatic rings. The van der Waals surface area contributed by atoms with Gasteiger partial charge in [0.05, 0.1) is 22.1 Å². The molecule has 2 fully saturated rings. The lowest BCUT2D eigenvalue weighted by molar-refractivity contribution is 0.0683. The van der Waals surface area contributed by atoms with E-state index in [1.807, 2.05) is 87.3 Å². The Kier molecular flexibility index (Phi) is 11.7. The minimum absolute atomic E-state index is 0. The zero-order valence-electron chi connectivity index (χ0n) is 32.0. The minimum Gasteiger partial charge on any atom is -0.475 e. The van der Waals surface area contributed by atoms with Gasteiger partial charge in [-0.25, -0.2) is 34.7 Å². The number of anilines is 2. The van der Waals surface area contributed by atoms with Gasteiger partial charge in [0, 0.05) is 98.6 Å². The van der Waals surface area contributed by atoms with Crippen molar-refractivity contribution in [3.05, 3.63) is 133 Å². The topological polar surface area (TPSA) is 185 Å². The fourth-order valence-electron chi connectivity index (χ4n) is 7.22. The summed E-state index contributed by atoms with van der Waals surface area (Å²) in [5.41, 5.74) is 11.8. The highest BCUT2D eigenvalue weighted by Crippen LogP contribution is 2.24. The third kappa shape index (κ3) is 8.65. The molecule has 2 atom stereocenters. The van der Waals surface area contributed by atoms with Crippen molar-refractivity contribution >= 4 is 68.8 Å². The van der Waals surface area contributed by atoms with Crippen LogP contribution < -0.4 is 20.9 Å². The van der Waals surface area contributed by atoms with Crippen molar-refractivity contribution in [2.75, 3.05) is 36.0 Å². The average Bonchev–Trinajstić information content (AvgIpc) is 4.06. The summed E-state index contributed by atoms with van der Waals surface area (Å²) in [5, 5.41) is 13.5. The van der Waals surface area contributed by atoms with Crippen molar-refractivity contribution in [2.24, 2.45) is 5.73 Å². The fraction of sp³-hybridized carbons (Fsp3) is 0.238. The first-order chi connectivity index (χ1) is 27.7. The number of nitrogens with zero attached hydrogens (tertiary/aromatic N) is 10. The molecule has 2 aromatic carbocycles. The second-order valence-electron chi connectivity index (χ2n) is 14.3. The van der Waals surface area contributed by atoms with E-state index in [0.29, 0.717) is 11.6 Å². The summed E-state index contributed by atoms with van der Waals surface area (Å²) in [4.78, 5) is 53.0. The molecule has 6 aromatic heterocycles. The number of fused-ring (bicyclic) bond motifs is 4. The molecule has 10 rings (SSSR count). The number of carbonyl (C=O) groups excluding carboxylic acids is 1. The molecule has 0 unspecified atom stereocenters. The predicted molar refractivity (Wildman–Crippen MR) is 226 cm³/mol. The highest BCUT2D eigenvalue weighted by molar-refractivity contribution is 5.93. The van der Waals surface area contributed by atoms with Crippen LogP contribution in [-0.4, -0.2) is 94.0 Å². The average molecular weight is 799 g/mol. The van der Waals surface area contributed by atoms with E-state index in [1.165, 1.54) is 6.20 Å². The first kappa shape index (κ1) is 39.5. The normalized spacial score (nSPS) is 16.1. The van der Waals surface area contributed by atoms with Crippen LogP contribution >= 0.6 is 12.4 Å². The van der Waals surface area contributed by atoms with Crippen molar-refractivity contribution in [1.82, 2.24) is 44.0 Å². The van der Waals surface area contributed by atoms with Crippen LogP contribution in [0.15, 0.2) is 110 Å². The molecular weight excluding hydrogens is 756 g/mol. The quantitative estimate of drug-likeness (QED) is 0.198. The Bertz CT molecular complexity index is 2740. The summed E-state index contributed by atoms with van der Waals surface area (Å²) >= 11 is 0. The number of hydrogen-bond acceptors (Lipinski definition) is 11. The van der Waals surface area contributed by atoms with Crippen molar-refractivity contribution in [1.29, 1.82) is 0 Å². The number of aromatic nitrogens is 8. The summed E-state index contributed by atoms with van der Waals surface area (Å²) in [6.07, 6.45) is 16.8. The lowest BCUT2D eigenvalue weighted by Crippen LogP contribution is -2.38. The molecule has 0 aliphatic carbocycles. The van der Waals surface area contributed by atoms with Crippen LogP contribution in [0.1, 0.15) is 45.2 Å². The van der Waals surface area contributed by atoms with Crippen LogP contribution in [0.2, 0.25) is 0 Å². The number of nitrogens with two attached hydrogens (primary N) is 1. The highest BCUT2D eigenvalue weighted by atomic mass is 35.5. The lowest BCUT2D eigenvalue weighted by atomic mass is 10.2. The SMILES string of the molecule is Cc1ccc2nc(C(=O)N[C@H]3CCN(c4nccn5cccc45)C3)ncc2c1.Cc1ccc2nc(C(=O)O)ncc2c1.Cl.N[C@H]1CCN(c2nccn3cccc23)C1. The van der Waals surface area contributed by atoms with Gasteiger partial charge in [-0.3, -0.25) is 4.79 Å². The van der Waals surface area contributed by atoms with Crippen molar-refractivity contribution in [3.8, 4) is 0 Å². The number of halogens is 1. The monoisotopic (exact) mass is 798 g/mol. The van der Waals surface area contributed by atoms with Gasteiger partial charge in [-0.1, -0.05) is 23.3 Å². The number of hydrogen-bond donors (Lipinski definition) is 3. The molecule has 0 spiro atoms. The van der Waals surface area contributed by atoms with Crippen LogP contribution in [0.5, 0.6) is 0 Å². The van der Waals surface area contributed by atoms with Gasteiger partial charge >= 0.3 is 5.97 Å². The number of aryl methyl sites for hydroxylation is 2. The van der Waals surface area contributed by atoms with Crippen LogP contribution in [0.25, 0.3) is 32.8 Å². The number of benzene rings is 2. The van der Waals surface area contributed by atoms with Crippen molar-refractivity contribution < 1.29 is 14.7 Å². The molecule has 16 heteroatoms. The Morgan fingerprint density at radius 3 is 1.79 bits per heavy atom. The van der Waals surface area contributed by atoms with Gasteiger partial charge < -0.3 is 34.8 Å². The first-order valence-electron chi connectivity index (χ1n) is 18.8. The second kappa shape index (κ2) is 17.2. The number of carbonyl (C=O) groups is 2. The Morgan fingerprint density at radius 2 is 1.24 bits per heavy atom. The number of carboxylic acids is 1. The van der Waals surface area contributed by atoms with Gasteiger partial charge in [-0.05, 0) is 75.2 Å². The smallest absolute Gasteiger partial charge is 0.373 e. The van der Waals surface area contributed by atoms with E-state index >= 15 is 0 Å². The molecule has 15 nitrogen and oxygen atoms in total. The van der Waals surface area contributed by atoms with E-state index in [2.05, 4.69) is 66.0 Å². The molecule has 58 heavy (non-hydrogen) atoms. The van der Waals surface area contributed by atoms with Crippen LogP contribution in [0, 0.1) is 13.8 Å². The minimum atomic E-state index is -1.10. The Labute approximate surface area is 340 Å². The Hall–Kier alpha value is -6.71. The molecule has 8 heterocycles. The maximum Gasteiger partial charge on any atom is 0.373 e. The number of aromatic carboxylic acids is 1. The predicted octanol–water partition coefficient (Wildman–Crippen LogP) is 5.52. The van der Waals surface area contributed by atoms with E-state index in [0.717, 1.165) is 89.1 Å². The third-order valence-electron chi connectivity index (χ3n) is 10.1. The van der Waals surface area contributed by atoms with Gasteiger partial charge in [0.2, 0.25) is 11.6 Å². The molecule has 2 saturated heterocycles. The van der Waals surface area contributed by atoms with E-state index in [-0.39, 0.29) is 36.0 Å². The third-order valence-corrected chi connectivity index (χ3v) is 10.1. The van der Waals surface area contributed by atoms with E-state index in [1.54, 1.807) is 18.5 Å². The number of rotatable bonds is 5. The lowest BCUT2D eigenvalue weighted by Gasteiger charge is -2.19. The first-order valence-corrected chi connectivity index (χ1v) is 18.8. The van der Waals surface area contributed by atoms with Gasteiger partial charge in [-0.15, -0.1) is 12.4 Å². The molecule has 0 radical (unpaired) electrons. The van der Waals surface area contributed by atoms with Gasteiger partial charge in [0.1, 0.15) is 0 Å². The number of amides is 1. The van der Waals surface area contributed by atoms with Crippen LogP contribution in [-0.2, 0) is 0 Å². The summed E-state index contributed by atoms with van der Waals surface area (Å²) in [7, 11) is 0. The molecular formula is C42H43ClN12O3. The van der Waals surface area contributed by atoms with E-state index in [9.17, 15) is 9.59 Å². The molecule has 2 aliphatic heterocycles. The number of carboxylic acid groups (broad SMARTS) is 1. The van der Waals surface area contributed by atoms with Crippen LogP contribution in [0.4, 0.5) is 11.6 Å². The van der Waals surface area contributed by atoms with Gasteiger partial charge in [0.25, 0.3) is 5.91 Å². The molecule has 2 aliphatic rings. The number of nitrogens with one attached hydrogen (secondary N) is 1. The maximum absolute atomic E-state index is 12.7. The standard InChI is InChI=1S/C21H20N6O.C11H14N4.C10H8N2O2.ClH/c1-14-4-5-17-15(11-14)12-23-19(25-17)21(28)24-16-6-9-27(13-16)20-18-3-2-8-26(18)10-7-22-20;12-9-3-6-15(8-9)11-10-2-1-5-14(10)7-4-13-11;1-6-2-3-8-7(4-6)5-11-9(12-8)10(13)14;/h2-5,7-8,10-12,16H,6,9,13H2,1H3,(H,24,28);1-2,4-5,7,9H,3,6,8,12H2;2-5H,1H3,(H,13,14);1H/t16-;9-;;/m00../s1. The Balaban J connectivity index is 0.000000144. The van der Waals surface area contributed by atoms with Crippen molar-refractivity contribution in [3.63, 3.8) is 0 Å². The molecule has 0 saturated carbocycles. The van der Waals surface area contributed by atoms with Crippen LogP contribution in [0.3, 0.4) is 0 Å². The molecule has 1 amide bonds. The summed E-state index contributed by atoms with van der Waals surface area (Å²) < 4.78 is 4.14. The maximum atomic E-state index is 12.7. The summed E-state index contributed by atoms with van der Waals surface area (Å²) in [6, 6.07) is 20.0. The zero-order chi connectivity index (χ0) is 39.5. The van der Waals surface area contributed by atoms with Crippen molar-refractivity contribution in [2.45, 2.75) is 38.8 Å². The largest absolute Gasteiger partial charge is 0.475 e. The fourth-order valence-corrected chi connectivity index (χ4v) is 7.22. The second-order valence-corrected chi connectivity index (χ2v) is 14.3. The van der Waals surface area contributed by atoms with Gasteiger partial charge in [0.15, 0.2) is 11.6 Å². The summed E-state index contributed by atoms with van der Waals surface area (Å²) in [5.74, 6) is 0.704. The molecule has 4 N–H and O–H groups in total. The zero-order valence-corrected chi connectivity index (χ0v) is 32.8. The summed E-state index contributed by atoms with van der Waals surface area (Å²) in [6.45, 7) is 7.48. The van der Waals surface area contributed by atoms with E-state index < -0.39 is 5.97 Å². The highest BCUT2D eigenvalue weighted by Gasteiger charge is 2.27. The molecule has 296 valence electrons. The van der Waals surface area contributed by atoms with Gasteiger partial charge in [-0.2, -0.15) is 0 Å². The Morgan fingerprint density at radius 1 is 0.707 bits per heavy atom. The van der Waals surface area contributed by atoms with E-state index in [4.69, 9.17) is 10.8 Å².